The van der Waals surface area contributed by atoms with Crippen molar-refractivity contribution in [2.24, 2.45) is 0 Å². The van der Waals surface area contributed by atoms with E-state index < -0.39 is 26.0 Å². The van der Waals surface area contributed by atoms with Crippen LogP contribution < -0.4 is 22.8 Å². The van der Waals surface area contributed by atoms with E-state index in [1.54, 1.807) is 31.8 Å². The molecule has 0 radical (unpaired) electrons. The Hall–Kier alpha value is -2.30. The molecular formula is C21H34N6O7P2. The number of aromatic nitrogens is 4. The quantitative estimate of drug-likeness (QED) is 0.442. The van der Waals surface area contributed by atoms with Gasteiger partial charge in [0.25, 0.3) is 0 Å². The van der Waals surface area contributed by atoms with Gasteiger partial charge in [-0.05, 0) is 51.1 Å². The molecule has 2 aromatic rings. The van der Waals surface area contributed by atoms with Crippen molar-refractivity contribution in [3.63, 3.8) is 0 Å². The van der Waals surface area contributed by atoms with Gasteiger partial charge in [0.05, 0.1) is 25.3 Å². The molecule has 5 unspecified atom stereocenters. The van der Waals surface area contributed by atoms with E-state index in [1.165, 1.54) is 21.9 Å². The van der Waals surface area contributed by atoms with Crippen molar-refractivity contribution in [1.29, 1.82) is 0 Å². The summed E-state index contributed by atoms with van der Waals surface area (Å²) >= 11 is 0. The fourth-order valence-corrected chi connectivity index (χ4v) is 6.31. The third kappa shape index (κ3) is 7.85. The second kappa shape index (κ2) is 11.4. The average Bonchev–Trinajstić information content (AvgIpc) is 3.42. The van der Waals surface area contributed by atoms with E-state index in [0.29, 0.717) is 25.9 Å². The zero-order valence-corrected chi connectivity index (χ0v) is 22.4. The van der Waals surface area contributed by atoms with Crippen molar-refractivity contribution in [3.8, 4) is 0 Å². The summed E-state index contributed by atoms with van der Waals surface area (Å²) in [7, 11) is -5.44. The summed E-state index contributed by atoms with van der Waals surface area (Å²) in [4.78, 5) is 39.8. The van der Waals surface area contributed by atoms with E-state index in [0.717, 1.165) is 12.8 Å². The molecule has 36 heavy (non-hydrogen) atoms. The number of ether oxygens (including phenoxy) is 2. The van der Waals surface area contributed by atoms with Crippen LogP contribution in [0.4, 0.5) is 11.6 Å². The van der Waals surface area contributed by atoms with Gasteiger partial charge in [0.2, 0.25) is 7.37 Å². The molecule has 0 spiro atoms. The molecule has 200 valence electrons. The lowest BCUT2D eigenvalue weighted by Crippen LogP contribution is -2.28. The number of hydrogen-bond acceptors (Lipinski definition) is 10. The number of anilines is 2. The summed E-state index contributed by atoms with van der Waals surface area (Å²) in [6, 6.07) is 3.11. The number of hydrogen-bond donors (Lipinski definition) is 3. The predicted molar refractivity (Wildman–Crippen MR) is 137 cm³/mol. The monoisotopic (exact) mass is 544 g/mol. The highest BCUT2D eigenvalue weighted by atomic mass is 31.2. The molecule has 0 bridgehead atoms. The Balaban J connectivity index is 0.000000201. The van der Waals surface area contributed by atoms with E-state index in [-0.39, 0.29) is 35.4 Å². The minimum atomic E-state index is -3.22. The van der Waals surface area contributed by atoms with Crippen LogP contribution in [-0.4, -0.2) is 67.9 Å². The van der Waals surface area contributed by atoms with Gasteiger partial charge in [-0.25, -0.2) is 9.59 Å². The maximum absolute atomic E-state index is 11.9. The lowest BCUT2D eigenvalue weighted by atomic mass is 10.2. The first-order valence-electron chi connectivity index (χ1n) is 11.5. The Kier molecular flexibility index (Phi) is 8.95. The first-order chi connectivity index (χ1) is 16.7. The topological polar surface area (TPSA) is 195 Å². The lowest BCUT2D eigenvalue weighted by Gasteiger charge is -2.17. The molecule has 13 nitrogen and oxygen atoms in total. The molecule has 2 saturated heterocycles. The highest BCUT2D eigenvalue weighted by molar-refractivity contribution is 7.62. The van der Waals surface area contributed by atoms with Gasteiger partial charge in [-0.15, -0.1) is 0 Å². The van der Waals surface area contributed by atoms with Crippen LogP contribution in [0.15, 0.2) is 34.1 Å². The summed E-state index contributed by atoms with van der Waals surface area (Å²) in [5.41, 5.74) is 10.00. The molecule has 2 fully saturated rings. The molecule has 5 atom stereocenters. The van der Waals surface area contributed by atoms with Crippen LogP contribution in [0.3, 0.4) is 0 Å². The number of rotatable bonds is 6. The first-order valence-corrected chi connectivity index (χ1v) is 16.4. The summed E-state index contributed by atoms with van der Waals surface area (Å²) in [6.45, 7) is 5.51. The molecule has 0 amide bonds. The lowest BCUT2D eigenvalue weighted by molar-refractivity contribution is 0.0683. The van der Waals surface area contributed by atoms with Crippen molar-refractivity contribution < 1.29 is 23.5 Å². The molecule has 0 aliphatic carbocycles. The van der Waals surface area contributed by atoms with Crippen molar-refractivity contribution in [2.75, 3.05) is 31.5 Å². The fraction of sp³-hybridized carbons (Fsp3) is 0.619. The normalized spacial score (nSPS) is 25.7. The van der Waals surface area contributed by atoms with Crippen molar-refractivity contribution in [2.45, 2.75) is 62.7 Å². The first kappa shape index (κ1) is 28.3. The largest absolute Gasteiger partial charge is 0.383 e. The summed E-state index contributed by atoms with van der Waals surface area (Å²) in [5.74, 6) is -0.414. The number of nitrogen functional groups attached to an aromatic ring is 2. The molecule has 5 N–H and O–H groups in total. The van der Waals surface area contributed by atoms with Crippen molar-refractivity contribution >= 4 is 26.1 Å². The second-order valence-corrected chi connectivity index (χ2v) is 15.4. The van der Waals surface area contributed by atoms with Crippen LogP contribution in [0.5, 0.6) is 0 Å². The molecule has 0 aromatic carbocycles. The molecule has 4 rings (SSSR count). The van der Waals surface area contributed by atoms with Gasteiger partial charge in [-0.1, -0.05) is 0 Å². The molecule has 2 aliphatic heterocycles. The molecule has 2 aromatic heterocycles. The summed E-state index contributed by atoms with van der Waals surface area (Å²) in [6.07, 6.45) is 5.63. The Morgan fingerprint density at radius 2 is 1.28 bits per heavy atom. The minimum absolute atomic E-state index is 0.0775. The standard InChI is InChI=1S/C11H18N3O3P.C10H16N3O4P/c1-18(2,16)10-4-3-8(17-10)7-14-6-5-9(12)13-11(14)15;1-18(15,16)9-3-2-7(17-9)6-13-5-4-8(11)12-10(13)14/h5-6,8,10H,3-4,7H2,1-2H3,(H2,12,13,15);4-5,7,9H,2-3,6H2,1H3,(H,15,16)(H2,11,12,14). The van der Waals surface area contributed by atoms with Crippen LogP contribution in [0.1, 0.15) is 25.7 Å². The molecule has 2 aliphatic rings. The van der Waals surface area contributed by atoms with E-state index in [1.807, 2.05) is 0 Å². The van der Waals surface area contributed by atoms with Crippen molar-refractivity contribution in [1.82, 2.24) is 19.1 Å². The Morgan fingerprint density at radius 1 is 0.861 bits per heavy atom. The Morgan fingerprint density at radius 3 is 1.61 bits per heavy atom. The van der Waals surface area contributed by atoms with Crippen LogP contribution in [0, 0.1) is 0 Å². The van der Waals surface area contributed by atoms with Crippen molar-refractivity contribution in [3.05, 3.63) is 45.5 Å². The van der Waals surface area contributed by atoms with Gasteiger partial charge in [0.15, 0.2) is 0 Å². The highest BCUT2D eigenvalue weighted by Crippen LogP contribution is 2.49. The van der Waals surface area contributed by atoms with Crippen LogP contribution in [0.25, 0.3) is 0 Å². The predicted octanol–water partition coefficient (Wildman–Crippen LogP) is 1.18. The second-order valence-electron chi connectivity index (χ2n) is 9.53. The van der Waals surface area contributed by atoms with E-state index in [4.69, 9.17) is 20.9 Å². The zero-order chi connectivity index (χ0) is 26.7. The van der Waals surface area contributed by atoms with Gasteiger partial charge in [0.1, 0.15) is 30.5 Å². The maximum Gasteiger partial charge on any atom is 0.349 e. The van der Waals surface area contributed by atoms with Crippen LogP contribution >= 0.6 is 14.5 Å². The minimum Gasteiger partial charge on any atom is -0.383 e. The molecular weight excluding hydrogens is 510 g/mol. The smallest absolute Gasteiger partial charge is 0.349 e. The summed E-state index contributed by atoms with van der Waals surface area (Å²) < 4.78 is 37.4. The van der Waals surface area contributed by atoms with Gasteiger partial charge in [0, 0.05) is 19.1 Å². The SMILES string of the molecule is CP(=O)(O)C1CCC(Cn2ccc(N)nc2=O)O1.CP(C)(=O)C1CCC(Cn2ccc(N)nc2=O)O1. The third-order valence-corrected chi connectivity index (χ3v) is 9.21. The average molecular weight is 544 g/mol. The molecule has 15 heteroatoms. The number of nitrogens with zero attached hydrogens (tertiary/aromatic N) is 4. The van der Waals surface area contributed by atoms with E-state index >= 15 is 0 Å². The third-order valence-electron chi connectivity index (χ3n) is 5.99. The van der Waals surface area contributed by atoms with E-state index in [9.17, 15) is 23.6 Å². The molecule has 0 saturated carbocycles. The van der Waals surface area contributed by atoms with Gasteiger partial charge in [-0.3, -0.25) is 13.7 Å². The zero-order valence-electron chi connectivity index (χ0n) is 20.6. The van der Waals surface area contributed by atoms with E-state index in [2.05, 4.69) is 9.97 Å². The maximum atomic E-state index is 11.9. The number of nitrogens with two attached hydrogens (primary N) is 2. The highest BCUT2D eigenvalue weighted by Gasteiger charge is 2.35. The van der Waals surface area contributed by atoms with Gasteiger partial charge >= 0.3 is 11.4 Å². The Bertz CT molecular complexity index is 1170. The van der Waals surface area contributed by atoms with Crippen LogP contribution in [-0.2, 0) is 31.7 Å². The van der Waals surface area contributed by atoms with Gasteiger partial charge < -0.3 is 30.4 Å². The van der Waals surface area contributed by atoms with Gasteiger partial charge in [-0.2, -0.15) is 9.97 Å². The fourth-order valence-electron chi connectivity index (χ4n) is 4.05. The summed E-state index contributed by atoms with van der Waals surface area (Å²) in [5, 5.41) is 0. The van der Waals surface area contributed by atoms with Crippen LogP contribution in [0.2, 0.25) is 0 Å². The Labute approximate surface area is 208 Å². The molecule has 4 heterocycles.